The van der Waals surface area contributed by atoms with Crippen LogP contribution in [0.25, 0.3) is 0 Å². The number of aliphatic hydroxyl groups excluding tert-OH is 3. The molecule has 0 saturated carbocycles. The number of carbonyl (C=O) groups excluding carboxylic acids is 1. The van der Waals surface area contributed by atoms with E-state index in [2.05, 4.69) is 6.58 Å². The summed E-state index contributed by atoms with van der Waals surface area (Å²) in [5, 5.41) is 74.8. The first-order valence-electron chi connectivity index (χ1n) is 15.6. The first-order chi connectivity index (χ1) is 21.9. The molecular weight excluding hydrogens is 620 g/mol. The normalized spacial score (nSPS) is 31.6. The van der Waals surface area contributed by atoms with E-state index in [4.69, 9.17) is 14.2 Å². The fourth-order valence-corrected chi connectivity index (χ4v) is 6.45. The van der Waals surface area contributed by atoms with Gasteiger partial charge in [-0.15, -0.1) is 0 Å². The van der Waals surface area contributed by atoms with Crippen LogP contribution in [0.5, 0.6) is 0 Å². The van der Waals surface area contributed by atoms with Crippen LogP contribution in [0.2, 0.25) is 0 Å². The van der Waals surface area contributed by atoms with Crippen LogP contribution in [0.1, 0.15) is 65.4 Å². The minimum absolute atomic E-state index is 0.174. The van der Waals surface area contributed by atoms with Crippen LogP contribution in [-0.2, 0) is 39.8 Å². The number of ether oxygens (including phenoxy) is 3. The Morgan fingerprint density at radius 2 is 1.62 bits per heavy atom. The Hall–Kier alpha value is -3.40. The molecule has 0 aromatic heterocycles. The van der Waals surface area contributed by atoms with Gasteiger partial charge in [-0.1, -0.05) is 71.0 Å². The van der Waals surface area contributed by atoms with E-state index in [1.54, 1.807) is 13.8 Å². The first kappa shape index (κ1) is 38.1. The molecule has 2 heterocycles. The van der Waals surface area contributed by atoms with Crippen LogP contribution in [0, 0.1) is 17.8 Å². The van der Waals surface area contributed by atoms with E-state index in [1.807, 2.05) is 44.2 Å². The Balaban J connectivity index is 1.95. The highest BCUT2D eigenvalue weighted by atomic mass is 16.8. The van der Waals surface area contributed by atoms with Crippen molar-refractivity contribution < 1.29 is 69.1 Å². The molecule has 0 unspecified atom stereocenters. The van der Waals surface area contributed by atoms with Crippen molar-refractivity contribution in [3.63, 3.8) is 0 Å². The predicted octanol–water partition coefficient (Wildman–Crippen LogP) is 1.51. The lowest BCUT2D eigenvalue weighted by Gasteiger charge is -2.48. The fraction of sp³-hybridized carbons (Fsp3) is 0.636. The topological polar surface area (TPSA) is 238 Å². The van der Waals surface area contributed by atoms with Gasteiger partial charge in [-0.3, -0.25) is 4.79 Å². The van der Waals surface area contributed by atoms with Crippen molar-refractivity contribution in [3.05, 3.63) is 48.0 Å². The maximum Gasteiger partial charge on any atom is 0.344 e. The highest BCUT2D eigenvalue weighted by molar-refractivity contribution is 5.98. The van der Waals surface area contributed by atoms with E-state index >= 15 is 0 Å². The van der Waals surface area contributed by atoms with Crippen molar-refractivity contribution in [3.8, 4) is 0 Å². The molecule has 0 amide bonds. The number of hydrogen-bond acceptors (Lipinski definition) is 11. The van der Waals surface area contributed by atoms with E-state index in [0.29, 0.717) is 12.8 Å². The van der Waals surface area contributed by atoms with Gasteiger partial charge < -0.3 is 50.0 Å². The molecule has 7 N–H and O–H groups in total. The van der Waals surface area contributed by atoms with Crippen LogP contribution in [0.3, 0.4) is 0 Å². The molecule has 2 fully saturated rings. The molecule has 2 saturated heterocycles. The molecule has 0 radical (unpaired) electrons. The van der Waals surface area contributed by atoms with Crippen LogP contribution in [-0.4, -0.2) is 107 Å². The number of benzene rings is 1. The maximum absolute atomic E-state index is 13.1. The average molecular weight is 667 g/mol. The molecule has 2 aliphatic rings. The minimum atomic E-state index is -3.92. The quantitative estimate of drug-likeness (QED) is 0.0922. The van der Waals surface area contributed by atoms with Gasteiger partial charge in [0.05, 0.1) is 18.6 Å². The SMILES string of the molecule is C=C(CC[C@]12O[C@H](C(=O)O)[C@@](O)(C(=O)O)[C@](C(=O)O)(O1)[C@H](OC(=O)C[C@@H](O)[C@@H](C)C[C@@H](C)CC)[C@H]2O)[C@@H](O)[C@H](C)Cc1ccccc1. The zero-order valence-corrected chi connectivity index (χ0v) is 26.9. The van der Waals surface area contributed by atoms with Crippen LogP contribution >= 0.6 is 0 Å². The van der Waals surface area contributed by atoms with Crippen molar-refractivity contribution in [1.82, 2.24) is 0 Å². The molecule has 0 spiro atoms. The molecule has 1 aromatic rings. The summed E-state index contributed by atoms with van der Waals surface area (Å²) in [6, 6.07) is 9.26. The predicted molar refractivity (Wildman–Crippen MR) is 163 cm³/mol. The highest BCUT2D eigenvalue weighted by Crippen LogP contribution is 2.56. The van der Waals surface area contributed by atoms with E-state index in [-0.39, 0.29) is 23.8 Å². The molecule has 2 bridgehead atoms. The summed E-state index contributed by atoms with van der Waals surface area (Å²) in [6.45, 7) is 11.2. The van der Waals surface area contributed by atoms with Gasteiger partial charge in [0, 0.05) is 6.42 Å². The second kappa shape index (κ2) is 14.8. The van der Waals surface area contributed by atoms with Crippen LogP contribution in [0.15, 0.2) is 42.5 Å². The lowest BCUT2D eigenvalue weighted by atomic mass is 9.74. The number of carbonyl (C=O) groups is 4. The summed E-state index contributed by atoms with van der Waals surface area (Å²) in [5.41, 5.74) is -6.39. The number of carboxylic acid groups (broad SMARTS) is 3. The summed E-state index contributed by atoms with van der Waals surface area (Å²) in [5.74, 6) is -11.2. The largest absolute Gasteiger partial charge is 0.479 e. The number of aliphatic hydroxyl groups is 4. The van der Waals surface area contributed by atoms with Gasteiger partial charge in [0.2, 0.25) is 23.1 Å². The van der Waals surface area contributed by atoms with Crippen molar-refractivity contribution in [2.75, 3.05) is 0 Å². The van der Waals surface area contributed by atoms with Crippen LogP contribution < -0.4 is 0 Å². The standard InChI is InChI=1S/C33H46O14/c1-6-17(2)14-19(4)22(34)16-23(35)45-26-25(37)31(13-12-18(3)24(36)20(5)15-21-10-8-7-9-11-21)46-27(28(38)39)32(44,29(40)41)33(26,47-31)30(42)43/h7-11,17,19-20,22,24-27,34,36-37,44H,3,6,12-16H2,1-2,4-5H3,(H,38,39)(H,40,41)(H,42,43)/t17-,19-,20+,22+,24+,25+,26+,27+,31-,32+,33-/m0/s1. The number of carboxylic acids is 3. The second-order valence-electron chi connectivity index (χ2n) is 13.0. The fourth-order valence-electron chi connectivity index (χ4n) is 6.45. The molecule has 14 nitrogen and oxygen atoms in total. The second-order valence-corrected chi connectivity index (χ2v) is 13.0. The molecule has 2 aliphatic heterocycles. The third kappa shape index (κ3) is 7.22. The van der Waals surface area contributed by atoms with Gasteiger partial charge in [-0.25, -0.2) is 14.4 Å². The van der Waals surface area contributed by atoms with E-state index in [1.165, 1.54) is 0 Å². The Morgan fingerprint density at radius 1 is 1.00 bits per heavy atom. The summed E-state index contributed by atoms with van der Waals surface area (Å²) >= 11 is 0. The number of fused-ring (bicyclic) bond motifs is 2. The van der Waals surface area contributed by atoms with E-state index < -0.39 is 90.1 Å². The van der Waals surface area contributed by atoms with Crippen LogP contribution in [0.4, 0.5) is 0 Å². The van der Waals surface area contributed by atoms with Gasteiger partial charge in [-0.05, 0) is 48.2 Å². The molecular formula is C33H46O14. The Kier molecular flexibility index (Phi) is 12.0. The molecule has 3 rings (SSSR count). The summed E-state index contributed by atoms with van der Waals surface area (Å²) in [4.78, 5) is 50.7. The molecule has 11 atom stereocenters. The molecule has 0 aliphatic carbocycles. The zero-order chi connectivity index (χ0) is 35.5. The number of hydrogen-bond donors (Lipinski definition) is 7. The van der Waals surface area contributed by atoms with Gasteiger partial charge in [0.1, 0.15) is 6.10 Å². The zero-order valence-electron chi connectivity index (χ0n) is 26.9. The summed E-state index contributed by atoms with van der Waals surface area (Å²) in [6.07, 6.45) is -9.80. The van der Waals surface area contributed by atoms with Crippen molar-refractivity contribution >= 4 is 23.9 Å². The Bertz CT molecular complexity index is 1320. The van der Waals surface area contributed by atoms with Gasteiger partial charge in [0.25, 0.3) is 0 Å². The molecule has 262 valence electrons. The van der Waals surface area contributed by atoms with E-state index in [0.717, 1.165) is 12.0 Å². The van der Waals surface area contributed by atoms with Crippen molar-refractivity contribution in [1.29, 1.82) is 0 Å². The monoisotopic (exact) mass is 666 g/mol. The van der Waals surface area contributed by atoms with Gasteiger partial charge in [0.15, 0.2) is 6.10 Å². The molecule has 47 heavy (non-hydrogen) atoms. The number of rotatable bonds is 17. The van der Waals surface area contributed by atoms with Gasteiger partial charge in [-0.2, -0.15) is 0 Å². The Labute approximate surface area is 272 Å². The van der Waals surface area contributed by atoms with Gasteiger partial charge >= 0.3 is 23.9 Å². The number of aliphatic carboxylic acids is 3. The summed E-state index contributed by atoms with van der Waals surface area (Å²) in [7, 11) is 0. The summed E-state index contributed by atoms with van der Waals surface area (Å²) < 4.78 is 16.3. The third-order valence-electron chi connectivity index (χ3n) is 9.52. The average Bonchev–Trinajstić information content (AvgIpc) is 3.23. The first-order valence-corrected chi connectivity index (χ1v) is 15.6. The minimum Gasteiger partial charge on any atom is -0.479 e. The van der Waals surface area contributed by atoms with Crippen molar-refractivity contribution in [2.24, 2.45) is 17.8 Å². The third-order valence-corrected chi connectivity index (χ3v) is 9.52. The maximum atomic E-state index is 13.1. The molecule has 1 aromatic carbocycles. The van der Waals surface area contributed by atoms with Crippen molar-refractivity contribution in [2.45, 2.75) is 114 Å². The Morgan fingerprint density at radius 3 is 2.15 bits per heavy atom. The highest BCUT2D eigenvalue weighted by Gasteiger charge is 2.85. The number of esters is 1. The smallest absolute Gasteiger partial charge is 0.344 e. The molecule has 14 heteroatoms. The lowest BCUT2D eigenvalue weighted by molar-refractivity contribution is -0.374. The lowest BCUT2D eigenvalue weighted by Crippen LogP contribution is -2.78. The van der Waals surface area contributed by atoms with E-state index in [9.17, 15) is 54.9 Å².